The summed E-state index contributed by atoms with van der Waals surface area (Å²) in [6.07, 6.45) is 6.90. The first-order chi connectivity index (χ1) is 8.85. The van der Waals surface area contributed by atoms with E-state index >= 15 is 0 Å². The Hall–Kier alpha value is -1.36. The molecule has 1 saturated heterocycles. The summed E-state index contributed by atoms with van der Waals surface area (Å²) in [5.74, 6) is 1.42. The summed E-state index contributed by atoms with van der Waals surface area (Å²) in [6.45, 7) is 2.04. The van der Waals surface area contributed by atoms with Gasteiger partial charge in [0.2, 0.25) is 11.8 Å². The van der Waals surface area contributed by atoms with Crippen LogP contribution in [-0.4, -0.2) is 42.3 Å². The molecule has 1 aromatic heterocycles. The normalized spacial score (nSPS) is 24.1. The zero-order chi connectivity index (χ0) is 12.4. The number of ether oxygens (including phenoxy) is 1. The fourth-order valence-corrected chi connectivity index (χ4v) is 2.48. The molecule has 18 heavy (non-hydrogen) atoms. The molecule has 0 radical (unpaired) electrons. The van der Waals surface area contributed by atoms with Gasteiger partial charge in [-0.2, -0.15) is 4.98 Å². The molecule has 1 N–H and O–H groups in total. The number of aromatic nitrogens is 2. The quantitative estimate of drug-likeness (QED) is 0.868. The zero-order valence-electron chi connectivity index (χ0n) is 10.8. The topological polar surface area (TPSA) is 50.3 Å². The molecule has 3 rings (SSSR count). The van der Waals surface area contributed by atoms with Crippen LogP contribution in [0, 0.1) is 0 Å². The maximum absolute atomic E-state index is 5.15. The molecule has 1 saturated carbocycles. The van der Waals surface area contributed by atoms with Crippen molar-refractivity contribution < 1.29 is 4.74 Å². The van der Waals surface area contributed by atoms with E-state index in [0.29, 0.717) is 11.9 Å². The molecule has 98 valence electrons. The Bertz CT molecular complexity index is 408. The second-order valence-corrected chi connectivity index (χ2v) is 5.13. The van der Waals surface area contributed by atoms with E-state index in [1.54, 1.807) is 19.4 Å². The lowest BCUT2D eigenvalue weighted by molar-refractivity contribution is 0.391. The smallest absolute Gasteiger partial charge is 0.228 e. The lowest BCUT2D eigenvalue weighted by Crippen LogP contribution is -2.47. The summed E-state index contributed by atoms with van der Waals surface area (Å²) in [4.78, 5) is 11.0. The molecule has 0 amide bonds. The van der Waals surface area contributed by atoms with E-state index in [1.165, 1.54) is 25.7 Å². The van der Waals surface area contributed by atoms with Crippen molar-refractivity contribution in [1.29, 1.82) is 0 Å². The van der Waals surface area contributed by atoms with E-state index in [4.69, 9.17) is 4.74 Å². The lowest BCUT2D eigenvalue weighted by Gasteiger charge is -2.33. The molecule has 2 fully saturated rings. The Labute approximate surface area is 108 Å². The van der Waals surface area contributed by atoms with Crippen LogP contribution in [0.5, 0.6) is 5.88 Å². The molecule has 1 aromatic rings. The minimum atomic E-state index is 0.584. The average molecular weight is 248 g/mol. The van der Waals surface area contributed by atoms with Crippen molar-refractivity contribution in [2.75, 3.05) is 25.1 Å². The summed E-state index contributed by atoms with van der Waals surface area (Å²) >= 11 is 0. The van der Waals surface area contributed by atoms with Gasteiger partial charge in [0, 0.05) is 37.4 Å². The fourth-order valence-electron chi connectivity index (χ4n) is 2.48. The van der Waals surface area contributed by atoms with Crippen molar-refractivity contribution in [3.63, 3.8) is 0 Å². The predicted octanol–water partition coefficient (Wildman–Crippen LogP) is 1.21. The Morgan fingerprint density at radius 2 is 2.22 bits per heavy atom. The predicted molar refractivity (Wildman–Crippen MR) is 70.0 cm³/mol. The second kappa shape index (κ2) is 5.10. The van der Waals surface area contributed by atoms with Crippen molar-refractivity contribution in [3.05, 3.63) is 12.3 Å². The highest BCUT2D eigenvalue weighted by Crippen LogP contribution is 2.23. The molecular weight excluding hydrogens is 228 g/mol. The number of methoxy groups -OCH3 is 1. The van der Waals surface area contributed by atoms with Gasteiger partial charge in [-0.1, -0.05) is 0 Å². The number of hydrogen-bond donors (Lipinski definition) is 1. The van der Waals surface area contributed by atoms with Gasteiger partial charge in [0.1, 0.15) is 0 Å². The minimum absolute atomic E-state index is 0.584. The molecule has 1 atom stereocenters. The van der Waals surface area contributed by atoms with E-state index in [-0.39, 0.29) is 0 Å². The molecule has 5 nitrogen and oxygen atoms in total. The van der Waals surface area contributed by atoms with E-state index in [0.717, 1.165) is 25.1 Å². The number of rotatable bonds is 4. The van der Waals surface area contributed by atoms with Crippen LogP contribution in [0.1, 0.15) is 25.7 Å². The van der Waals surface area contributed by atoms with Gasteiger partial charge in [-0.3, -0.25) is 0 Å². The summed E-state index contributed by atoms with van der Waals surface area (Å²) < 4.78 is 5.15. The van der Waals surface area contributed by atoms with Crippen LogP contribution in [0.4, 0.5) is 5.95 Å². The zero-order valence-corrected chi connectivity index (χ0v) is 10.8. The van der Waals surface area contributed by atoms with E-state index in [2.05, 4.69) is 20.2 Å². The fraction of sp³-hybridized carbons (Fsp3) is 0.692. The Morgan fingerprint density at radius 1 is 1.33 bits per heavy atom. The molecule has 2 heterocycles. The summed E-state index contributed by atoms with van der Waals surface area (Å²) in [5.41, 5.74) is 0. The third kappa shape index (κ3) is 2.72. The van der Waals surface area contributed by atoms with Gasteiger partial charge in [0.05, 0.1) is 7.11 Å². The largest absolute Gasteiger partial charge is 0.481 e. The van der Waals surface area contributed by atoms with Crippen molar-refractivity contribution in [2.24, 2.45) is 0 Å². The number of piperidine rings is 1. The third-order valence-corrected chi connectivity index (χ3v) is 3.58. The van der Waals surface area contributed by atoms with E-state index < -0.39 is 0 Å². The van der Waals surface area contributed by atoms with Crippen LogP contribution in [-0.2, 0) is 0 Å². The molecule has 0 spiro atoms. The molecule has 2 aliphatic rings. The Kier molecular flexibility index (Phi) is 3.32. The molecule has 1 aliphatic heterocycles. The second-order valence-electron chi connectivity index (χ2n) is 5.13. The maximum Gasteiger partial charge on any atom is 0.228 e. The summed E-state index contributed by atoms with van der Waals surface area (Å²) in [5, 5.41) is 3.69. The van der Waals surface area contributed by atoms with Gasteiger partial charge >= 0.3 is 0 Å². The SMILES string of the molecule is COc1ccnc(N2CCC[C@@H](NC3CC3)C2)n1. The maximum atomic E-state index is 5.15. The highest BCUT2D eigenvalue weighted by atomic mass is 16.5. The van der Waals surface area contributed by atoms with Crippen LogP contribution in [0.15, 0.2) is 12.3 Å². The first kappa shape index (κ1) is 11.7. The number of nitrogens with zero attached hydrogens (tertiary/aromatic N) is 3. The highest BCUT2D eigenvalue weighted by molar-refractivity contribution is 5.33. The Balaban J connectivity index is 1.66. The molecule has 0 aromatic carbocycles. The third-order valence-electron chi connectivity index (χ3n) is 3.58. The van der Waals surface area contributed by atoms with Gasteiger partial charge in [0.25, 0.3) is 0 Å². The van der Waals surface area contributed by atoms with Crippen LogP contribution in [0.3, 0.4) is 0 Å². The standard InChI is InChI=1S/C13H20N4O/c1-18-12-6-7-14-13(16-12)17-8-2-3-11(9-17)15-10-4-5-10/h6-7,10-11,15H,2-5,8-9H2,1H3/t11-/m1/s1. The van der Waals surface area contributed by atoms with Crippen molar-refractivity contribution in [3.8, 4) is 5.88 Å². The average Bonchev–Trinajstić information content (AvgIpc) is 3.23. The van der Waals surface area contributed by atoms with Crippen molar-refractivity contribution in [2.45, 2.75) is 37.8 Å². The lowest BCUT2D eigenvalue weighted by atomic mass is 10.1. The van der Waals surface area contributed by atoms with E-state index in [1.807, 2.05) is 0 Å². The van der Waals surface area contributed by atoms with Gasteiger partial charge in [-0.05, 0) is 25.7 Å². The monoisotopic (exact) mass is 248 g/mol. The van der Waals surface area contributed by atoms with Gasteiger partial charge < -0.3 is 15.0 Å². The van der Waals surface area contributed by atoms with E-state index in [9.17, 15) is 0 Å². The highest BCUT2D eigenvalue weighted by Gasteiger charge is 2.28. The van der Waals surface area contributed by atoms with Crippen molar-refractivity contribution >= 4 is 5.95 Å². The number of anilines is 1. The molecule has 0 bridgehead atoms. The minimum Gasteiger partial charge on any atom is -0.481 e. The van der Waals surface area contributed by atoms with Crippen LogP contribution >= 0.6 is 0 Å². The molecule has 1 aliphatic carbocycles. The van der Waals surface area contributed by atoms with Gasteiger partial charge in [-0.25, -0.2) is 4.98 Å². The first-order valence-electron chi connectivity index (χ1n) is 6.73. The molecule has 5 heteroatoms. The van der Waals surface area contributed by atoms with Gasteiger partial charge in [-0.15, -0.1) is 0 Å². The van der Waals surface area contributed by atoms with Crippen molar-refractivity contribution in [1.82, 2.24) is 15.3 Å². The van der Waals surface area contributed by atoms with Crippen LogP contribution in [0.25, 0.3) is 0 Å². The van der Waals surface area contributed by atoms with Crippen LogP contribution in [0.2, 0.25) is 0 Å². The van der Waals surface area contributed by atoms with Crippen LogP contribution < -0.4 is 15.0 Å². The summed E-state index contributed by atoms with van der Waals surface area (Å²) in [7, 11) is 1.64. The molecular formula is C13H20N4O. The first-order valence-corrected chi connectivity index (χ1v) is 6.73. The number of hydrogen-bond acceptors (Lipinski definition) is 5. The number of nitrogens with one attached hydrogen (secondary N) is 1. The van der Waals surface area contributed by atoms with Gasteiger partial charge in [0.15, 0.2) is 0 Å². The summed E-state index contributed by atoms with van der Waals surface area (Å²) in [6, 6.07) is 3.13. The molecule has 0 unspecified atom stereocenters. The Morgan fingerprint density at radius 3 is 3.00 bits per heavy atom.